The molecule has 0 aromatic carbocycles. The van der Waals surface area contributed by atoms with E-state index in [1.807, 2.05) is 13.8 Å². The van der Waals surface area contributed by atoms with E-state index in [2.05, 4.69) is 10.6 Å². The van der Waals surface area contributed by atoms with E-state index in [9.17, 15) is 19.5 Å². The number of rotatable bonds is 11. The summed E-state index contributed by atoms with van der Waals surface area (Å²) in [4.78, 5) is 35.3. The molecule has 0 fully saturated rings. The van der Waals surface area contributed by atoms with Gasteiger partial charge in [0.1, 0.15) is 6.04 Å². The highest BCUT2D eigenvalue weighted by Crippen LogP contribution is 2.09. The van der Waals surface area contributed by atoms with E-state index in [0.29, 0.717) is 6.42 Å². The molecule has 0 bridgehead atoms. The summed E-state index contributed by atoms with van der Waals surface area (Å²) in [6.07, 6.45) is -0.0667. The van der Waals surface area contributed by atoms with Crippen molar-refractivity contribution >= 4 is 17.7 Å². The zero-order valence-electron chi connectivity index (χ0n) is 14.6. The van der Waals surface area contributed by atoms with Crippen LogP contribution in [0.3, 0.4) is 0 Å². The van der Waals surface area contributed by atoms with Crippen molar-refractivity contribution in [1.82, 2.24) is 10.6 Å². The minimum Gasteiger partial charge on any atom is -0.391 e. The Labute approximate surface area is 142 Å². The number of amides is 3. The molecule has 0 aliphatic carbocycles. The third kappa shape index (κ3) is 7.71. The van der Waals surface area contributed by atoms with E-state index in [1.165, 1.54) is 6.92 Å². The number of nitrogens with one attached hydrogen (secondary N) is 2. The van der Waals surface area contributed by atoms with Gasteiger partial charge in [-0.1, -0.05) is 20.3 Å². The quantitative estimate of drug-likeness (QED) is 0.251. The smallest absolute Gasteiger partial charge is 0.243 e. The van der Waals surface area contributed by atoms with Crippen molar-refractivity contribution in [2.45, 2.75) is 64.3 Å². The van der Waals surface area contributed by atoms with Crippen molar-refractivity contribution in [2.24, 2.45) is 23.1 Å². The van der Waals surface area contributed by atoms with E-state index in [1.54, 1.807) is 0 Å². The van der Waals surface area contributed by atoms with Gasteiger partial charge in [0.15, 0.2) is 0 Å². The van der Waals surface area contributed by atoms with E-state index in [0.717, 1.165) is 0 Å². The van der Waals surface area contributed by atoms with Crippen LogP contribution in [-0.2, 0) is 14.4 Å². The number of aliphatic hydroxyl groups excluding tert-OH is 1. The van der Waals surface area contributed by atoms with Crippen LogP contribution in [0.5, 0.6) is 0 Å². The van der Waals surface area contributed by atoms with Crippen molar-refractivity contribution in [1.29, 1.82) is 0 Å². The Bertz CT molecular complexity index is 430. The molecule has 24 heavy (non-hydrogen) atoms. The molecule has 0 saturated heterocycles. The fraction of sp³-hybridized carbons (Fsp3) is 0.800. The molecule has 140 valence electrons. The summed E-state index contributed by atoms with van der Waals surface area (Å²) < 4.78 is 0. The summed E-state index contributed by atoms with van der Waals surface area (Å²) in [6.45, 7) is 5.30. The van der Waals surface area contributed by atoms with Gasteiger partial charge in [-0.25, -0.2) is 0 Å². The molecule has 9 heteroatoms. The lowest BCUT2D eigenvalue weighted by molar-refractivity contribution is -0.131. The van der Waals surface area contributed by atoms with Crippen LogP contribution in [0.25, 0.3) is 0 Å². The third-order valence-corrected chi connectivity index (χ3v) is 4.00. The van der Waals surface area contributed by atoms with Crippen LogP contribution in [0.4, 0.5) is 0 Å². The van der Waals surface area contributed by atoms with Crippen LogP contribution in [0.15, 0.2) is 0 Å². The fourth-order valence-corrected chi connectivity index (χ4v) is 2.04. The number of carbonyl (C=O) groups is 3. The molecule has 9 N–H and O–H groups in total. The third-order valence-electron chi connectivity index (χ3n) is 4.00. The first-order chi connectivity index (χ1) is 11.1. The second-order valence-electron chi connectivity index (χ2n) is 6.07. The highest BCUT2D eigenvalue weighted by molar-refractivity contribution is 5.90. The number of carbonyl (C=O) groups excluding carboxylic acids is 3. The first-order valence-corrected chi connectivity index (χ1v) is 8.16. The van der Waals surface area contributed by atoms with E-state index in [4.69, 9.17) is 17.2 Å². The van der Waals surface area contributed by atoms with Gasteiger partial charge in [-0.3, -0.25) is 14.4 Å². The summed E-state index contributed by atoms with van der Waals surface area (Å²) in [5.41, 5.74) is 16.3. The number of aliphatic hydroxyl groups is 1. The van der Waals surface area contributed by atoms with Gasteiger partial charge in [0.25, 0.3) is 0 Å². The van der Waals surface area contributed by atoms with Gasteiger partial charge >= 0.3 is 0 Å². The van der Waals surface area contributed by atoms with Crippen LogP contribution < -0.4 is 27.8 Å². The Kier molecular flexibility index (Phi) is 10.2. The first-order valence-electron chi connectivity index (χ1n) is 8.16. The average Bonchev–Trinajstić information content (AvgIpc) is 2.53. The fourth-order valence-electron chi connectivity index (χ4n) is 2.04. The molecule has 0 aromatic heterocycles. The summed E-state index contributed by atoms with van der Waals surface area (Å²) in [7, 11) is 0. The van der Waals surface area contributed by atoms with Gasteiger partial charge in [-0.2, -0.15) is 0 Å². The van der Waals surface area contributed by atoms with Crippen LogP contribution in [-0.4, -0.2) is 53.6 Å². The molecule has 0 spiro atoms. The molecule has 0 aromatic rings. The zero-order valence-corrected chi connectivity index (χ0v) is 14.6. The van der Waals surface area contributed by atoms with Crippen LogP contribution >= 0.6 is 0 Å². The molecule has 0 aliphatic rings. The second-order valence-corrected chi connectivity index (χ2v) is 6.07. The minimum absolute atomic E-state index is 0.00788. The van der Waals surface area contributed by atoms with Crippen molar-refractivity contribution in [3.05, 3.63) is 0 Å². The predicted molar refractivity (Wildman–Crippen MR) is 90.5 cm³/mol. The first kappa shape index (κ1) is 22.3. The van der Waals surface area contributed by atoms with Crippen molar-refractivity contribution < 1.29 is 19.5 Å². The van der Waals surface area contributed by atoms with Crippen molar-refractivity contribution in [2.75, 3.05) is 6.54 Å². The topological polar surface area (TPSA) is 174 Å². The van der Waals surface area contributed by atoms with Crippen LogP contribution in [0.1, 0.15) is 40.0 Å². The lowest BCUT2D eigenvalue weighted by atomic mass is 9.97. The predicted octanol–water partition coefficient (Wildman–Crippen LogP) is -2.07. The average molecular weight is 345 g/mol. The molecule has 0 radical (unpaired) electrons. The van der Waals surface area contributed by atoms with Gasteiger partial charge in [0.05, 0.1) is 18.2 Å². The van der Waals surface area contributed by atoms with Crippen molar-refractivity contribution in [3.63, 3.8) is 0 Å². The largest absolute Gasteiger partial charge is 0.391 e. The molecule has 0 unspecified atom stereocenters. The van der Waals surface area contributed by atoms with Crippen LogP contribution in [0, 0.1) is 5.92 Å². The van der Waals surface area contributed by atoms with Crippen molar-refractivity contribution in [3.8, 4) is 0 Å². The minimum atomic E-state index is -0.932. The monoisotopic (exact) mass is 345 g/mol. The Balaban J connectivity index is 4.91. The van der Waals surface area contributed by atoms with E-state index in [-0.39, 0.29) is 25.3 Å². The molecule has 0 saturated carbocycles. The molecule has 3 amide bonds. The Morgan fingerprint density at radius 1 is 1.12 bits per heavy atom. The highest BCUT2D eigenvalue weighted by Gasteiger charge is 2.29. The maximum Gasteiger partial charge on any atom is 0.243 e. The second kappa shape index (κ2) is 11.0. The SMILES string of the molecule is CC[C@H](C)[C@H](NC(=O)[C@@H](N)CCC(N)=O)C(=O)N[C@H](CN)[C@@H](C)O. The molecular formula is C15H31N5O4. The van der Waals surface area contributed by atoms with Crippen LogP contribution in [0.2, 0.25) is 0 Å². The molecule has 0 aliphatic heterocycles. The van der Waals surface area contributed by atoms with Gasteiger partial charge in [-0.05, 0) is 19.3 Å². The lowest BCUT2D eigenvalue weighted by Gasteiger charge is -2.28. The van der Waals surface area contributed by atoms with Gasteiger partial charge in [0.2, 0.25) is 17.7 Å². The van der Waals surface area contributed by atoms with E-state index >= 15 is 0 Å². The maximum absolute atomic E-state index is 12.4. The molecule has 0 rings (SSSR count). The summed E-state index contributed by atoms with van der Waals surface area (Å²) in [6, 6.07) is -2.35. The standard InChI is InChI=1S/C15H31N5O4/c1-4-8(2)13(15(24)19-11(7-16)9(3)21)20-14(23)10(17)5-6-12(18)22/h8-11,13,21H,4-7,16-17H2,1-3H3,(H2,18,22)(H,19,24)(H,20,23)/t8-,9+,10-,11+,13-/m0/s1. The molecule has 9 nitrogen and oxygen atoms in total. The number of hydrogen-bond donors (Lipinski definition) is 6. The summed E-state index contributed by atoms with van der Waals surface area (Å²) in [5.74, 6) is -1.66. The van der Waals surface area contributed by atoms with Gasteiger partial charge in [0, 0.05) is 13.0 Å². The molecule has 0 heterocycles. The Hall–Kier alpha value is -1.71. The number of hydrogen-bond acceptors (Lipinski definition) is 6. The molecule has 5 atom stereocenters. The maximum atomic E-state index is 12.4. The zero-order chi connectivity index (χ0) is 18.9. The summed E-state index contributed by atoms with van der Waals surface area (Å²) >= 11 is 0. The lowest BCUT2D eigenvalue weighted by Crippen LogP contribution is -2.58. The number of primary amides is 1. The van der Waals surface area contributed by atoms with Gasteiger partial charge < -0.3 is 32.9 Å². The Morgan fingerprint density at radius 2 is 1.71 bits per heavy atom. The van der Waals surface area contributed by atoms with E-state index < -0.39 is 42.0 Å². The summed E-state index contributed by atoms with van der Waals surface area (Å²) in [5, 5.41) is 14.8. The molecular weight excluding hydrogens is 314 g/mol. The normalized spacial score (nSPS) is 17.2. The highest BCUT2D eigenvalue weighted by atomic mass is 16.3. The van der Waals surface area contributed by atoms with Gasteiger partial charge in [-0.15, -0.1) is 0 Å². The number of nitrogens with two attached hydrogens (primary N) is 3. The Morgan fingerprint density at radius 3 is 2.12 bits per heavy atom.